The summed E-state index contributed by atoms with van der Waals surface area (Å²) in [4.78, 5) is 10.9. The summed E-state index contributed by atoms with van der Waals surface area (Å²) < 4.78 is 35.8. The maximum absolute atomic E-state index is 11.9. The molecule has 2 aromatic rings. The molecule has 0 atom stereocenters. The Morgan fingerprint density at radius 1 is 0.955 bits per heavy atom. The Balaban J connectivity index is 0.000000385. The standard InChI is InChI=1S/C8H7F3.C8H9NO.CH4/c1-6-2-4-7(5-3-6)8(9,10)11;1-9-8(10)7-5-3-2-4-6-7;/h2-5H,1H3;2-6H,1H3,(H,9,10);1H4. The number of halogens is 3. The van der Waals surface area contributed by atoms with Crippen molar-refractivity contribution in [3.05, 3.63) is 71.3 Å². The normalized spacial score (nSPS) is 9.86. The number of amides is 1. The summed E-state index contributed by atoms with van der Waals surface area (Å²) >= 11 is 0. The molecule has 0 saturated carbocycles. The number of benzene rings is 2. The molecule has 1 N–H and O–H groups in total. The Labute approximate surface area is 129 Å². The maximum atomic E-state index is 11.9. The molecular weight excluding hydrogens is 291 g/mol. The van der Waals surface area contributed by atoms with E-state index < -0.39 is 11.7 Å². The summed E-state index contributed by atoms with van der Waals surface area (Å²) in [5, 5.41) is 2.54. The van der Waals surface area contributed by atoms with Gasteiger partial charge in [0.2, 0.25) is 0 Å². The van der Waals surface area contributed by atoms with Crippen molar-refractivity contribution < 1.29 is 18.0 Å². The van der Waals surface area contributed by atoms with Crippen molar-refractivity contribution in [3.8, 4) is 0 Å². The predicted molar refractivity (Wildman–Crippen MR) is 82.7 cm³/mol. The van der Waals surface area contributed by atoms with Crippen LogP contribution >= 0.6 is 0 Å². The Kier molecular flexibility index (Phi) is 7.94. The van der Waals surface area contributed by atoms with Crippen LogP contribution < -0.4 is 5.32 Å². The van der Waals surface area contributed by atoms with Crippen LogP contribution in [0.2, 0.25) is 0 Å². The molecule has 0 unspecified atom stereocenters. The zero-order chi connectivity index (χ0) is 15.9. The van der Waals surface area contributed by atoms with Crippen LogP contribution in [-0.2, 0) is 6.18 Å². The summed E-state index contributed by atoms with van der Waals surface area (Å²) in [6.45, 7) is 1.75. The second kappa shape index (κ2) is 8.87. The number of carbonyl (C=O) groups is 1. The first-order valence-electron chi connectivity index (χ1n) is 6.25. The second-order valence-corrected chi connectivity index (χ2v) is 4.31. The molecule has 0 fully saturated rings. The van der Waals surface area contributed by atoms with Gasteiger partial charge in [0.15, 0.2) is 0 Å². The average Bonchev–Trinajstić information content (AvgIpc) is 2.47. The molecule has 120 valence electrons. The summed E-state index contributed by atoms with van der Waals surface area (Å²) in [6.07, 6.45) is -4.21. The van der Waals surface area contributed by atoms with Crippen LogP contribution in [0.4, 0.5) is 13.2 Å². The lowest BCUT2D eigenvalue weighted by Gasteiger charge is -2.05. The molecule has 0 aliphatic rings. The lowest BCUT2D eigenvalue weighted by atomic mass is 10.1. The number of hydrogen-bond acceptors (Lipinski definition) is 1. The first kappa shape index (κ1) is 19.7. The number of nitrogens with one attached hydrogen (secondary N) is 1. The average molecular weight is 311 g/mol. The van der Waals surface area contributed by atoms with Gasteiger partial charge in [0.25, 0.3) is 5.91 Å². The highest BCUT2D eigenvalue weighted by Gasteiger charge is 2.29. The van der Waals surface area contributed by atoms with E-state index >= 15 is 0 Å². The summed E-state index contributed by atoms with van der Waals surface area (Å²) in [6, 6.07) is 14.2. The van der Waals surface area contributed by atoms with E-state index in [0.29, 0.717) is 5.56 Å². The van der Waals surface area contributed by atoms with Gasteiger partial charge in [-0.25, -0.2) is 0 Å². The van der Waals surface area contributed by atoms with E-state index in [1.165, 1.54) is 12.1 Å². The molecule has 0 aliphatic carbocycles. The first-order chi connectivity index (χ1) is 9.84. The quantitative estimate of drug-likeness (QED) is 0.813. The van der Waals surface area contributed by atoms with Crippen molar-refractivity contribution in [2.45, 2.75) is 20.5 Å². The van der Waals surface area contributed by atoms with Gasteiger partial charge in [0.05, 0.1) is 5.56 Å². The highest BCUT2D eigenvalue weighted by Crippen LogP contribution is 2.28. The third-order valence-corrected chi connectivity index (χ3v) is 2.64. The third kappa shape index (κ3) is 6.43. The Morgan fingerprint density at radius 2 is 1.45 bits per heavy atom. The lowest BCUT2D eigenvalue weighted by Crippen LogP contribution is -2.17. The van der Waals surface area contributed by atoms with Gasteiger partial charge in [-0.2, -0.15) is 13.2 Å². The minimum Gasteiger partial charge on any atom is -0.355 e. The molecule has 2 rings (SSSR count). The third-order valence-electron chi connectivity index (χ3n) is 2.64. The van der Waals surface area contributed by atoms with E-state index in [-0.39, 0.29) is 13.3 Å². The lowest BCUT2D eigenvalue weighted by molar-refractivity contribution is -0.137. The van der Waals surface area contributed by atoms with E-state index in [9.17, 15) is 18.0 Å². The molecule has 0 heterocycles. The van der Waals surface area contributed by atoms with Crippen LogP contribution in [0.15, 0.2) is 54.6 Å². The fourth-order valence-electron chi connectivity index (χ4n) is 1.48. The molecule has 0 aromatic heterocycles. The zero-order valence-corrected chi connectivity index (χ0v) is 11.7. The Hall–Kier alpha value is -2.30. The van der Waals surface area contributed by atoms with Crippen molar-refractivity contribution >= 4 is 5.91 Å². The topological polar surface area (TPSA) is 29.1 Å². The van der Waals surface area contributed by atoms with Crippen molar-refractivity contribution in [1.29, 1.82) is 0 Å². The zero-order valence-electron chi connectivity index (χ0n) is 11.7. The molecule has 0 spiro atoms. The van der Waals surface area contributed by atoms with Crippen LogP contribution in [0.5, 0.6) is 0 Å². The van der Waals surface area contributed by atoms with Gasteiger partial charge < -0.3 is 5.32 Å². The van der Waals surface area contributed by atoms with E-state index in [1.54, 1.807) is 26.1 Å². The molecule has 0 bridgehead atoms. The SMILES string of the molecule is C.CNC(=O)c1ccccc1.Cc1ccc(C(F)(F)F)cc1. The highest BCUT2D eigenvalue weighted by atomic mass is 19.4. The van der Waals surface area contributed by atoms with E-state index in [0.717, 1.165) is 17.7 Å². The van der Waals surface area contributed by atoms with Crippen molar-refractivity contribution in [1.82, 2.24) is 5.32 Å². The van der Waals surface area contributed by atoms with E-state index in [4.69, 9.17) is 0 Å². The number of hydrogen-bond donors (Lipinski definition) is 1. The molecule has 5 heteroatoms. The molecule has 2 nitrogen and oxygen atoms in total. The smallest absolute Gasteiger partial charge is 0.355 e. The molecule has 0 saturated heterocycles. The number of rotatable bonds is 1. The Morgan fingerprint density at radius 3 is 1.86 bits per heavy atom. The van der Waals surface area contributed by atoms with Gasteiger partial charge in [-0.05, 0) is 31.2 Å². The molecule has 2 aromatic carbocycles. The van der Waals surface area contributed by atoms with Crippen LogP contribution in [0.25, 0.3) is 0 Å². The predicted octanol–water partition coefficient (Wildman–Crippen LogP) is 4.70. The summed E-state index contributed by atoms with van der Waals surface area (Å²) in [5.41, 5.74) is 0.936. The van der Waals surface area contributed by atoms with Gasteiger partial charge in [0.1, 0.15) is 0 Å². The fourth-order valence-corrected chi connectivity index (χ4v) is 1.48. The largest absolute Gasteiger partial charge is 0.416 e. The number of aryl methyl sites for hydroxylation is 1. The van der Waals surface area contributed by atoms with Gasteiger partial charge in [-0.1, -0.05) is 43.3 Å². The van der Waals surface area contributed by atoms with Crippen molar-refractivity contribution in [2.24, 2.45) is 0 Å². The molecule has 1 amide bonds. The second-order valence-electron chi connectivity index (χ2n) is 4.31. The van der Waals surface area contributed by atoms with Gasteiger partial charge >= 0.3 is 6.18 Å². The maximum Gasteiger partial charge on any atom is 0.416 e. The van der Waals surface area contributed by atoms with Gasteiger partial charge in [0, 0.05) is 12.6 Å². The highest BCUT2D eigenvalue weighted by molar-refractivity contribution is 5.93. The number of alkyl halides is 3. The molecule has 22 heavy (non-hydrogen) atoms. The molecule has 0 aliphatic heterocycles. The molecular formula is C17H20F3NO. The van der Waals surface area contributed by atoms with Crippen LogP contribution in [0.3, 0.4) is 0 Å². The van der Waals surface area contributed by atoms with Crippen molar-refractivity contribution in [3.63, 3.8) is 0 Å². The minimum absolute atomic E-state index is 0. The summed E-state index contributed by atoms with van der Waals surface area (Å²) in [7, 11) is 1.62. The van der Waals surface area contributed by atoms with Gasteiger partial charge in [-0.3, -0.25) is 4.79 Å². The van der Waals surface area contributed by atoms with Gasteiger partial charge in [-0.15, -0.1) is 0 Å². The van der Waals surface area contributed by atoms with Crippen LogP contribution in [0, 0.1) is 6.92 Å². The van der Waals surface area contributed by atoms with E-state index in [2.05, 4.69) is 5.32 Å². The monoisotopic (exact) mass is 311 g/mol. The first-order valence-corrected chi connectivity index (χ1v) is 6.25. The van der Waals surface area contributed by atoms with E-state index in [1.807, 2.05) is 18.2 Å². The van der Waals surface area contributed by atoms with Crippen LogP contribution in [-0.4, -0.2) is 13.0 Å². The minimum atomic E-state index is -4.21. The summed E-state index contributed by atoms with van der Waals surface area (Å²) in [5.74, 6) is -0.0411. The van der Waals surface area contributed by atoms with Crippen LogP contribution in [0.1, 0.15) is 28.9 Å². The Bertz CT molecular complexity index is 563. The fraction of sp³-hybridized carbons (Fsp3) is 0.235. The van der Waals surface area contributed by atoms with Crippen molar-refractivity contribution in [2.75, 3.05) is 7.05 Å². The molecule has 0 radical (unpaired) electrons. The number of carbonyl (C=O) groups excluding carboxylic acids is 1.